The van der Waals surface area contributed by atoms with E-state index in [0.29, 0.717) is 30.0 Å². The molecule has 7 nitrogen and oxygen atoms in total. The maximum absolute atomic E-state index is 12.3. The van der Waals surface area contributed by atoms with Crippen LogP contribution in [0, 0.1) is 5.92 Å². The van der Waals surface area contributed by atoms with Crippen molar-refractivity contribution in [2.45, 2.75) is 32.3 Å². The highest BCUT2D eigenvalue weighted by Crippen LogP contribution is 2.51. The Morgan fingerprint density at radius 1 is 1.16 bits per heavy atom. The number of allylic oxidation sites excluding steroid dienone is 1. The average Bonchev–Trinajstić information content (AvgIpc) is 3.14. The molecular weight excluding hydrogens is 412 g/mol. The van der Waals surface area contributed by atoms with E-state index in [2.05, 4.69) is 0 Å². The zero-order chi connectivity index (χ0) is 23.3. The van der Waals surface area contributed by atoms with Crippen LogP contribution in [0.1, 0.15) is 49.0 Å². The van der Waals surface area contributed by atoms with Gasteiger partial charge in [0.15, 0.2) is 23.0 Å². The minimum absolute atomic E-state index is 0.0190. The molecule has 7 heteroatoms. The highest BCUT2D eigenvalue weighted by molar-refractivity contribution is 5.75. The van der Waals surface area contributed by atoms with Crippen LogP contribution in [-0.4, -0.2) is 38.2 Å². The van der Waals surface area contributed by atoms with Crippen LogP contribution in [0.5, 0.6) is 23.0 Å². The second-order valence-electron chi connectivity index (χ2n) is 7.99. The van der Waals surface area contributed by atoms with Crippen molar-refractivity contribution in [2.24, 2.45) is 5.92 Å². The van der Waals surface area contributed by atoms with Gasteiger partial charge >= 0.3 is 5.97 Å². The van der Waals surface area contributed by atoms with E-state index < -0.39 is 6.10 Å². The number of aromatic hydroxyl groups is 1. The SMILES string of the molecule is COc1cc([C@@H]2Oc3c(OC)cc(C=CC=O)cc3[C@H]2COC(=O)CC(C)C)ccc1O. The van der Waals surface area contributed by atoms with Crippen molar-refractivity contribution in [2.75, 3.05) is 20.8 Å². The number of phenolic OH excluding ortho intramolecular Hbond substituents is 1. The number of carbonyl (C=O) groups is 2. The lowest BCUT2D eigenvalue weighted by molar-refractivity contribution is -0.145. The van der Waals surface area contributed by atoms with E-state index in [-0.39, 0.29) is 30.2 Å². The van der Waals surface area contributed by atoms with E-state index in [4.69, 9.17) is 18.9 Å². The zero-order valence-electron chi connectivity index (χ0n) is 18.7. The summed E-state index contributed by atoms with van der Waals surface area (Å²) >= 11 is 0. The third-order valence-corrected chi connectivity index (χ3v) is 5.23. The average molecular weight is 440 g/mol. The Morgan fingerprint density at radius 3 is 2.56 bits per heavy atom. The van der Waals surface area contributed by atoms with E-state index in [9.17, 15) is 14.7 Å². The van der Waals surface area contributed by atoms with Crippen LogP contribution in [0.4, 0.5) is 0 Å². The molecule has 170 valence electrons. The number of phenols is 1. The van der Waals surface area contributed by atoms with Gasteiger partial charge < -0.3 is 24.1 Å². The molecule has 1 aliphatic heterocycles. The van der Waals surface area contributed by atoms with Crippen molar-refractivity contribution in [1.29, 1.82) is 0 Å². The maximum Gasteiger partial charge on any atom is 0.306 e. The van der Waals surface area contributed by atoms with Crippen LogP contribution in [0.15, 0.2) is 36.4 Å². The first-order valence-electron chi connectivity index (χ1n) is 10.4. The standard InChI is InChI=1S/C25H28O7/c1-15(2)10-23(28)31-14-19-18-11-16(6-5-9-26)12-22(30-4)25(18)32-24(19)17-7-8-20(27)21(13-17)29-3/h5-9,11-13,15,19,24,27H,10,14H2,1-4H3/t19-,24+/m1/s1. The molecule has 0 saturated carbocycles. The Kier molecular flexibility index (Phi) is 7.41. The highest BCUT2D eigenvalue weighted by Gasteiger charge is 2.39. The van der Waals surface area contributed by atoms with Gasteiger partial charge in [-0.05, 0) is 47.4 Å². The van der Waals surface area contributed by atoms with Gasteiger partial charge in [-0.2, -0.15) is 0 Å². The van der Waals surface area contributed by atoms with Crippen LogP contribution in [-0.2, 0) is 14.3 Å². The number of hydrogen-bond donors (Lipinski definition) is 1. The molecule has 32 heavy (non-hydrogen) atoms. The van der Waals surface area contributed by atoms with Gasteiger partial charge in [0.1, 0.15) is 19.0 Å². The second-order valence-corrected chi connectivity index (χ2v) is 7.99. The Hall–Kier alpha value is -3.48. The van der Waals surface area contributed by atoms with E-state index in [0.717, 1.165) is 16.7 Å². The molecule has 0 bridgehead atoms. The van der Waals surface area contributed by atoms with Crippen molar-refractivity contribution in [3.05, 3.63) is 53.1 Å². The Morgan fingerprint density at radius 2 is 1.91 bits per heavy atom. The molecule has 0 aromatic heterocycles. The van der Waals surface area contributed by atoms with Crippen LogP contribution in [0.3, 0.4) is 0 Å². The largest absolute Gasteiger partial charge is 0.504 e. The predicted octanol–water partition coefficient (Wildman–Crippen LogP) is 4.43. The normalized spacial score (nSPS) is 17.2. The third-order valence-electron chi connectivity index (χ3n) is 5.23. The summed E-state index contributed by atoms with van der Waals surface area (Å²) in [5, 5.41) is 9.99. The molecule has 1 N–H and O–H groups in total. The van der Waals surface area contributed by atoms with Gasteiger partial charge in [0, 0.05) is 12.0 Å². The molecule has 0 spiro atoms. The Bertz CT molecular complexity index is 1010. The first kappa shape index (κ1) is 23.2. The van der Waals surface area contributed by atoms with Gasteiger partial charge in [-0.1, -0.05) is 26.0 Å². The fourth-order valence-corrected chi connectivity index (χ4v) is 3.74. The Labute approximate surface area is 187 Å². The molecule has 0 aliphatic carbocycles. The number of methoxy groups -OCH3 is 2. The van der Waals surface area contributed by atoms with E-state index in [1.807, 2.05) is 19.9 Å². The van der Waals surface area contributed by atoms with E-state index >= 15 is 0 Å². The first-order valence-corrected chi connectivity index (χ1v) is 10.4. The van der Waals surface area contributed by atoms with Crippen molar-refractivity contribution in [3.63, 3.8) is 0 Å². The van der Waals surface area contributed by atoms with Crippen LogP contribution in [0.2, 0.25) is 0 Å². The van der Waals surface area contributed by atoms with Crippen molar-refractivity contribution in [1.82, 2.24) is 0 Å². The maximum atomic E-state index is 12.3. The van der Waals surface area contributed by atoms with Gasteiger partial charge in [-0.3, -0.25) is 9.59 Å². The molecule has 2 aromatic carbocycles. The smallest absolute Gasteiger partial charge is 0.306 e. The van der Waals surface area contributed by atoms with Crippen molar-refractivity contribution < 1.29 is 33.6 Å². The summed E-state index contributed by atoms with van der Waals surface area (Å²) < 4.78 is 22.7. The molecule has 2 atom stereocenters. The van der Waals surface area contributed by atoms with Gasteiger partial charge in [0.05, 0.1) is 20.1 Å². The summed E-state index contributed by atoms with van der Waals surface area (Å²) in [6, 6.07) is 8.67. The summed E-state index contributed by atoms with van der Waals surface area (Å²) in [5.74, 6) is 0.988. The fraction of sp³-hybridized carbons (Fsp3) is 0.360. The van der Waals surface area contributed by atoms with Gasteiger partial charge in [0.2, 0.25) is 0 Å². The van der Waals surface area contributed by atoms with E-state index in [1.54, 1.807) is 31.4 Å². The fourth-order valence-electron chi connectivity index (χ4n) is 3.74. The quantitative estimate of drug-likeness (QED) is 0.350. The molecular formula is C25H28O7. The predicted molar refractivity (Wildman–Crippen MR) is 119 cm³/mol. The molecule has 0 saturated heterocycles. The van der Waals surface area contributed by atoms with Crippen molar-refractivity contribution >= 4 is 18.3 Å². The topological polar surface area (TPSA) is 91.3 Å². The third kappa shape index (κ3) is 5.04. The van der Waals surface area contributed by atoms with E-state index in [1.165, 1.54) is 19.3 Å². The molecule has 3 rings (SSSR count). The van der Waals surface area contributed by atoms with Crippen LogP contribution in [0.25, 0.3) is 6.08 Å². The monoisotopic (exact) mass is 440 g/mol. The van der Waals surface area contributed by atoms with Gasteiger partial charge in [0.25, 0.3) is 0 Å². The minimum Gasteiger partial charge on any atom is -0.504 e. The zero-order valence-corrected chi connectivity index (χ0v) is 18.7. The lowest BCUT2D eigenvalue weighted by Crippen LogP contribution is -2.18. The van der Waals surface area contributed by atoms with Gasteiger partial charge in [-0.15, -0.1) is 0 Å². The summed E-state index contributed by atoms with van der Waals surface area (Å²) in [4.78, 5) is 23.0. The number of fused-ring (bicyclic) bond motifs is 1. The number of rotatable bonds is 9. The molecule has 1 aliphatic rings. The molecule has 0 amide bonds. The number of hydrogen-bond acceptors (Lipinski definition) is 7. The number of carbonyl (C=O) groups excluding carboxylic acids is 2. The summed E-state index contributed by atoms with van der Waals surface area (Å²) in [7, 11) is 3.02. The summed E-state index contributed by atoms with van der Waals surface area (Å²) in [6.07, 6.45) is 3.60. The highest BCUT2D eigenvalue weighted by atomic mass is 16.5. The lowest BCUT2D eigenvalue weighted by Gasteiger charge is -2.20. The number of esters is 1. The van der Waals surface area contributed by atoms with Gasteiger partial charge in [-0.25, -0.2) is 0 Å². The number of aldehydes is 1. The minimum atomic E-state index is -0.495. The molecule has 2 aromatic rings. The summed E-state index contributed by atoms with van der Waals surface area (Å²) in [5.41, 5.74) is 2.33. The lowest BCUT2D eigenvalue weighted by atomic mass is 9.90. The Balaban J connectivity index is 2.02. The molecule has 1 heterocycles. The number of benzene rings is 2. The first-order chi connectivity index (χ1) is 15.4. The van der Waals surface area contributed by atoms with Crippen molar-refractivity contribution in [3.8, 4) is 23.0 Å². The summed E-state index contributed by atoms with van der Waals surface area (Å²) in [6.45, 7) is 4.02. The second kappa shape index (κ2) is 10.2. The molecule has 0 radical (unpaired) electrons. The molecule has 0 unspecified atom stereocenters. The molecule has 0 fully saturated rings. The number of ether oxygens (including phenoxy) is 4. The van der Waals surface area contributed by atoms with Crippen LogP contribution >= 0.6 is 0 Å². The van der Waals surface area contributed by atoms with Crippen LogP contribution < -0.4 is 14.2 Å².